The maximum atomic E-state index is 13.4. The number of ether oxygens (including phenoxy) is 1. The minimum atomic E-state index is -0.350. The normalized spacial score (nSPS) is 11.3. The molecule has 6 heteroatoms. The van der Waals surface area contributed by atoms with E-state index in [1.807, 2.05) is 80.5 Å². The van der Waals surface area contributed by atoms with Crippen molar-refractivity contribution in [2.45, 2.75) is 33.1 Å². The monoisotopic (exact) mass is 483 g/mol. The highest BCUT2D eigenvalue weighted by Crippen LogP contribution is 2.33. The van der Waals surface area contributed by atoms with Crippen molar-refractivity contribution >= 4 is 17.3 Å². The molecule has 36 heavy (non-hydrogen) atoms. The fourth-order valence-corrected chi connectivity index (χ4v) is 3.84. The maximum absolute atomic E-state index is 13.4. The van der Waals surface area contributed by atoms with Gasteiger partial charge in [-0.1, -0.05) is 39.0 Å². The van der Waals surface area contributed by atoms with E-state index in [1.54, 1.807) is 6.07 Å². The van der Waals surface area contributed by atoms with Crippen molar-refractivity contribution in [2.75, 3.05) is 30.9 Å². The zero-order valence-electron chi connectivity index (χ0n) is 21.8. The Hall–Kier alpha value is -4.06. The summed E-state index contributed by atoms with van der Waals surface area (Å²) in [5.74, 6) is 1.16. The lowest BCUT2D eigenvalue weighted by Gasteiger charge is -2.18. The molecule has 186 valence electrons. The number of oxazole rings is 1. The molecule has 0 radical (unpaired) electrons. The first-order valence-electron chi connectivity index (χ1n) is 12.1. The molecule has 0 spiro atoms. The van der Waals surface area contributed by atoms with E-state index >= 15 is 0 Å². The third-order valence-corrected chi connectivity index (χ3v) is 5.89. The van der Waals surface area contributed by atoms with E-state index < -0.39 is 0 Å². The fourth-order valence-electron chi connectivity index (χ4n) is 3.84. The Labute approximate surface area is 212 Å². The molecule has 4 aromatic rings. The van der Waals surface area contributed by atoms with Gasteiger partial charge in [0.2, 0.25) is 5.89 Å². The third kappa shape index (κ3) is 5.60. The summed E-state index contributed by atoms with van der Waals surface area (Å²) in [5.41, 5.74) is 4.74. The molecule has 0 atom stereocenters. The molecule has 1 heterocycles. The Morgan fingerprint density at radius 3 is 2.25 bits per heavy atom. The number of nitrogens with zero attached hydrogens (tertiary/aromatic N) is 2. The van der Waals surface area contributed by atoms with Gasteiger partial charge in [-0.2, -0.15) is 0 Å². The summed E-state index contributed by atoms with van der Waals surface area (Å²) in [6.07, 6.45) is 0. The van der Waals surface area contributed by atoms with Crippen LogP contribution in [0.3, 0.4) is 0 Å². The molecular weight excluding hydrogens is 450 g/mol. The van der Waals surface area contributed by atoms with E-state index in [0.717, 1.165) is 16.8 Å². The quantitative estimate of drug-likeness (QED) is 0.306. The molecule has 1 N–H and O–H groups in total. The molecule has 1 amide bonds. The van der Waals surface area contributed by atoms with Gasteiger partial charge in [0, 0.05) is 42.7 Å². The van der Waals surface area contributed by atoms with Gasteiger partial charge in [0.1, 0.15) is 5.75 Å². The number of carbonyl (C=O) groups excluding carboxylic acids is 1. The predicted octanol–water partition coefficient (Wildman–Crippen LogP) is 7.02. The number of anilines is 2. The van der Waals surface area contributed by atoms with E-state index in [2.05, 4.69) is 43.2 Å². The van der Waals surface area contributed by atoms with Crippen molar-refractivity contribution in [2.24, 2.45) is 0 Å². The number of nitrogens with one attached hydrogen (secondary N) is 1. The van der Waals surface area contributed by atoms with Crippen LogP contribution in [0.4, 0.5) is 11.4 Å². The van der Waals surface area contributed by atoms with Gasteiger partial charge >= 0.3 is 0 Å². The van der Waals surface area contributed by atoms with Gasteiger partial charge in [-0.25, -0.2) is 4.98 Å². The predicted molar refractivity (Wildman–Crippen MR) is 146 cm³/mol. The summed E-state index contributed by atoms with van der Waals surface area (Å²) in [6.45, 7) is 8.98. The minimum Gasteiger partial charge on any atom is -0.494 e. The number of rotatable bonds is 7. The number of carbonyl (C=O) groups is 1. The van der Waals surface area contributed by atoms with E-state index in [9.17, 15) is 4.79 Å². The molecule has 4 rings (SSSR count). The van der Waals surface area contributed by atoms with Crippen molar-refractivity contribution in [3.63, 3.8) is 0 Å². The highest BCUT2D eigenvalue weighted by molar-refractivity contribution is 6.07. The van der Waals surface area contributed by atoms with Gasteiger partial charge in [-0.05, 0) is 66.4 Å². The number of aromatic nitrogens is 1. The Balaban J connectivity index is 1.72. The molecule has 0 saturated heterocycles. The second kappa shape index (κ2) is 10.3. The van der Waals surface area contributed by atoms with Crippen LogP contribution in [-0.4, -0.2) is 31.6 Å². The van der Waals surface area contributed by atoms with Crippen LogP contribution < -0.4 is 15.0 Å². The molecule has 0 saturated carbocycles. The average molecular weight is 484 g/mol. The number of benzene rings is 3. The molecule has 6 nitrogen and oxygen atoms in total. The average Bonchev–Trinajstić information content (AvgIpc) is 3.30. The van der Waals surface area contributed by atoms with Gasteiger partial charge in [0.25, 0.3) is 5.91 Å². The van der Waals surface area contributed by atoms with Gasteiger partial charge in [0.05, 0.1) is 6.61 Å². The van der Waals surface area contributed by atoms with Crippen molar-refractivity contribution < 1.29 is 13.9 Å². The van der Waals surface area contributed by atoms with Crippen molar-refractivity contribution in [1.29, 1.82) is 0 Å². The van der Waals surface area contributed by atoms with Crippen molar-refractivity contribution in [3.05, 3.63) is 84.1 Å². The SMILES string of the molecule is CCOc1cccc(NC(=O)c2nc(-c3ccc(C(C)(C)C)cc3)oc2-c2ccc(N(C)C)cc2)c1. The number of hydrogen-bond donors (Lipinski definition) is 1. The Morgan fingerprint density at radius 2 is 1.64 bits per heavy atom. The van der Waals surface area contributed by atoms with Crippen molar-refractivity contribution in [1.82, 2.24) is 4.98 Å². The first-order valence-corrected chi connectivity index (χ1v) is 12.1. The smallest absolute Gasteiger partial charge is 0.278 e. The summed E-state index contributed by atoms with van der Waals surface area (Å²) < 4.78 is 11.8. The summed E-state index contributed by atoms with van der Waals surface area (Å²) in [4.78, 5) is 20.1. The van der Waals surface area contributed by atoms with E-state index in [1.165, 1.54) is 5.56 Å². The molecule has 3 aromatic carbocycles. The first-order chi connectivity index (χ1) is 17.2. The van der Waals surface area contributed by atoms with E-state index in [0.29, 0.717) is 29.7 Å². The molecule has 0 aliphatic rings. The van der Waals surface area contributed by atoms with Crippen LogP contribution in [0.5, 0.6) is 5.75 Å². The molecule has 0 fully saturated rings. The standard InChI is InChI=1S/C30H33N3O3/c1-7-35-25-10-8-9-23(19-25)31-28(34)26-27(20-13-17-24(18-14-20)33(5)6)36-29(32-26)21-11-15-22(16-12-21)30(2,3)4/h8-19H,7H2,1-6H3,(H,31,34). The largest absolute Gasteiger partial charge is 0.494 e. The summed E-state index contributed by atoms with van der Waals surface area (Å²) in [7, 11) is 3.97. The Morgan fingerprint density at radius 1 is 0.972 bits per heavy atom. The molecule has 0 bridgehead atoms. The summed E-state index contributed by atoms with van der Waals surface area (Å²) in [5, 5.41) is 2.94. The number of hydrogen-bond acceptors (Lipinski definition) is 5. The lowest BCUT2D eigenvalue weighted by Crippen LogP contribution is -2.13. The molecular formula is C30H33N3O3. The van der Waals surface area contributed by atoms with Crippen molar-refractivity contribution in [3.8, 4) is 28.5 Å². The highest BCUT2D eigenvalue weighted by Gasteiger charge is 2.23. The molecule has 0 unspecified atom stereocenters. The lowest BCUT2D eigenvalue weighted by atomic mass is 9.87. The zero-order chi connectivity index (χ0) is 25.9. The topological polar surface area (TPSA) is 67.6 Å². The van der Waals surface area contributed by atoms with E-state index in [-0.39, 0.29) is 17.0 Å². The molecule has 0 aliphatic heterocycles. The van der Waals surface area contributed by atoms with Crippen LogP contribution in [0.15, 0.2) is 77.2 Å². The zero-order valence-corrected chi connectivity index (χ0v) is 21.8. The highest BCUT2D eigenvalue weighted by atomic mass is 16.5. The van der Waals surface area contributed by atoms with Crippen LogP contribution in [0, 0.1) is 0 Å². The Kier molecular flexibility index (Phi) is 7.15. The van der Waals surface area contributed by atoms with Crippen LogP contribution in [0.1, 0.15) is 43.7 Å². The van der Waals surface area contributed by atoms with Crippen LogP contribution in [0.25, 0.3) is 22.8 Å². The molecule has 0 aliphatic carbocycles. The summed E-state index contributed by atoms with van der Waals surface area (Å²) >= 11 is 0. The van der Waals surface area contributed by atoms with Gasteiger partial charge < -0.3 is 19.4 Å². The van der Waals surface area contributed by atoms with Gasteiger partial charge in [0.15, 0.2) is 11.5 Å². The van der Waals surface area contributed by atoms with Crippen LogP contribution >= 0.6 is 0 Å². The second-order valence-electron chi connectivity index (χ2n) is 9.88. The molecule has 1 aromatic heterocycles. The maximum Gasteiger partial charge on any atom is 0.278 e. The minimum absolute atomic E-state index is 0.0372. The first kappa shape index (κ1) is 25.0. The van der Waals surface area contributed by atoms with Crippen LogP contribution in [-0.2, 0) is 5.41 Å². The lowest BCUT2D eigenvalue weighted by molar-refractivity contribution is 0.102. The Bertz CT molecular complexity index is 1330. The third-order valence-electron chi connectivity index (χ3n) is 5.89. The number of amides is 1. The van der Waals surface area contributed by atoms with Crippen LogP contribution in [0.2, 0.25) is 0 Å². The van der Waals surface area contributed by atoms with Gasteiger partial charge in [-0.3, -0.25) is 4.79 Å². The van der Waals surface area contributed by atoms with E-state index in [4.69, 9.17) is 9.15 Å². The summed E-state index contributed by atoms with van der Waals surface area (Å²) in [6, 6.07) is 23.3. The van der Waals surface area contributed by atoms with Gasteiger partial charge in [-0.15, -0.1) is 0 Å². The fraction of sp³-hybridized carbons (Fsp3) is 0.267. The second-order valence-corrected chi connectivity index (χ2v) is 9.88.